The number of ether oxygens (including phenoxy) is 2. The van der Waals surface area contributed by atoms with E-state index in [1.165, 1.54) is 23.4 Å². The Hall–Kier alpha value is -3.83. The highest BCUT2D eigenvalue weighted by Crippen LogP contribution is 2.39. The van der Waals surface area contributed by atoms with Crippen LogP contribution in [0.5, 0.6) is 5.75 Å². The molecule has 1 N–H and O–H groups in total. The fraction of sp³-hybridized carbons (Fsp3) is 0.258. The number of nitrogens with zero attached hydrogens (tertiary/aromatic N) is 1. The molecule has 0 fully saturated rings. The van der Waals surface area contributed by atoms with Gasteiger partial charge in [0.1, 0.15) is 11.9 Å². The quantitative estimate of drug-likeness (QED) is 0.303. The molecule has 0 amide bonds. The van der Waals surface area contributed by atoms with Gasteiger partial charge in [0.15, 0.2) is 0 Å². The monoisotopic (exact) mass is 480 g/mol. The van der Waals surface area contributed by atoms with Crippen molar-refractivity contribution in [3.63, 3.8) is 0 Å². The molecule has 2 atom stereocenters. The molecule has 4 aromatic carbocycles. The normalized spacial score (nSPS) is 15.8. The van der Waals surface area contributed by atoms with Crippen molar-refractivity contribution in [3.05, 3.63) is 102 Å². The van der Waals surface area contributed by atoms with Crippen LogP contribution in [0.3, 0.4) is 0 Å². The zero-order valence-corrected chi connectivity index (χ0v) is 21.0. The highest BCUT2D eigenvalue weighted by atomic mass is 16.5. The topological polar surface area (TPSA) is 50.8 Å². The number of fused-ring (bicyclic) bond motifs is 2. The maximum Gasteiger partial charge on any atom is 0.338 e. The van der Waals surface area contributed by atoms with Gasteiger partial charge < -0.3 is 19.7 Å². The first kappa shape index (κ1) is 23.9. The molecule has 1 heterocycles. The molecule has 1 aliphatic heterocycles. The number of carbonyl (C=O) groups excluding carboxylic acids is 1. The van der Waals surface area contributed by atoms with Crippen LogP contribution in [0.15, 0.2) is 84.9 Å². The minimum Gasteiger partial charge on any atom is -0.486 e. The molecule has 0 bridgehead atoms. The van der Waals surface area contributed by atoms with Crippen LogP contribution >= 0.6 is 0 Å². The minimum absolute atomic E-state index is 0.00926. The number of rotatable bonds is 7. The summed E-state index contributed by atoms with van der Waals surface area (Å²) >= 11 is 0. The van der Waals surface area contributed by atoms with E-state index in [0.717, 1.165) is 35.7 Å². The average Bonchev–Trinajstić information content (AvgIpc) is 2.92. The zero-order chi connectivity index (χ0) is 25.1. The highest BCUT2D eigenvalue weighted by molar-refractivity contribution is 5.92. The third kappa shape index (κ3) is 4.79. The number of methoxy groups -OCH3 is 1. The molecule has 5 nitrogen and oxygen atoms in total. The summed E-state index contributed by atoms with van der Waals surface area (Å²) in [6, 6.07) is 29.2. The third-order valence-corrected chi connectivity index (χ3v) is 6.98. The van der Waals surface area contributed by atoms with Crippen LogP contribution in [0.2, 0.25) is 0 Å². The van der Waals surface area contributed by atoms with Crippen molar-refractivity contribution in [1.29, 1.82) is 0 Å². The lowest BCUT2D eigenvalue weighted by Crippen LogP contribution is -2.39. The number of carbonyl (C=O) groups is 1. The Kier molecular flexibility index (Phi) is 6.92. The maximum atomic E-state index is 12.3. The molecule has 36 heavy (non-hydrogen) atoms. The molecule has 0 saturated carbocycles. The van der Waals surface area contributed by atoms with Crippen LogP contribution in [0.1, 0.15) is 40.9 Å². The molecule has 4 aromatic rings. The van der Waals surface area contributed by atoms with E-state index in [4.69, 9.17) is 9.47 Å². The third-order valence-electron chi connectivity index (χ3n) is 6.98. The van der Waals surface area contributed by atoms with Gasteiger partial charge in [-0.15, -0.1) is 0 Å². The number of hydrogen-bond donors (Lipinski definition) is 1. The summed E-state index contributed by atoms with van der Waals surface area (Å²) in [5.41, 5.74) is 4.75. The first-order valence-corrected chi connectivity index (χ1v) is 12.5. The minimum atomic E-state index is -0.320. The van der Waals surface area contributed by atoms with Crippen LogP contribution in [-0.2, 0) is 4.74 Å². The average molecular weight is 481 g/mol. The van der Waals surface area contributed by atoms with Crippen molar-refractivity contribution in [2.24, 2.45) is 0 Å². The van der Waals surface area contributed by atoms with Crippen LogP contribution in [0.25, 0.3) is 10.8 Å². The molecule has 0 aromatic heterocycles. The van der Waals surface area contributed by atoms with Gasteiger partial charge >= 0.3 is 5.97 Å². The van der Waals surface area contributed by atoms with E-state index in [-0.39, 0.29) is 18.1 Å². The molecule has 0 radical (unpaired) electrons. The first-order valence-electron chi connectivity index (χ1n) is 12.5. The van der Waals surface area contributed by atoms with E-state index in [1.807, 2.05) is 37.3 Å². The number of benzene rings is 4. The second-order valence-corrected chi connectivity index (χ2v) is 9.34. The number of hydrogen-bond acceptors (Lipinski definition) is 5. The molecule has 0 saturated heterocycles. The molecule has 184 valence electrons. The van der Waals surface area contributed by atoms with Crippen LogP contribution in [-0.4, -0.2) is 32.3 Å². The van der Waals surface area contributed by atoms with E-state index < -0.39 is 0 Å². The summed E-state index contributed by atoms with van der Waals surface area (Å²) in [5.74, 6) is 0.537. The van der Waals surface area contributed by atoms with Crippen molar-refractivity contribution in [2.45, 2.75) is 32.4 Å². The summed E-state index contributed by atoms with van der Waals surface area (Å²) < 4.78 is 11.4. The number of aryl methyl sites for hydroxylation is 1. The molecule has 2 unspecified atom stereocenters. The van der Waals surface area contributed by atoms with Crippen molar-refractivity contribution >= 4 is 28.1 Å². The van der Waals surface area contributed by atoms with Gasteiger partial charge in [0.25, 0.3) is 0 Å². The zero-order valence-electron chi connectivity index (χ0n) is 21.0. The number of nitrogens with one attached hydrogen (secondary N) is 1. The second-order valence-electron chi connectivity index (χ2n) is 9.34. The summed E-state index contributed by atoms with van der Waals surface area (Å²) in [7, 11) is 1.42. The van der Waals surface area contributed by atoms with E-state index >= 15 is 0 Å². The predicted octanol–water partition coefficient (Wildman–Crippen LogP) is 6.57. The fourth-order valence-electron chi connectivity index (χ4n) is 5.00. The lowest BCUT2D eigenvalue weighted by atomic mass is 9.99. The molecule has 0 spiro atoms. The van der Waals surface area contributed by atoms with Crippen molar-refractivity contribution in [3.8, 4) is 5.75 Å². The smallest absolute Gasteiger partial charge is 0.338 e. The van der Waals surface area contributed by atoms with Gasteiger partial charge in [-0.05, 0) is 73.0 Å². The number of anilines is 2. The van der Waals surface area contributed by atoms with Gasteiger partial charge in [0, 0.05) is 11.7 Å². The molecular weight excluding hydrogens is 448 g/mol. The summed E-state index contributed by atoms with van der Waals surface area (Å²) in [6.07, 6.45) is 0.866. The number of para-hydroxylation sites is 2. The summed E-state index contributed by atoms with van der Waals surface area (Å²) in [6.45, 7) is 5.66. The number of esters is 1. The van der Waals surface area contributed by atoms with E-state index in [0.29, 0.717) is 12.1 Å². The van der Waals surface area contributed by atoms with Gasteiger partial charge in [0.05, 0.1) is 24.9 Å². The Morgan fingerprint density at radius 2 is 1.83 bits per heavy atom. The highest BCUT2D eigenvalue weighted by Gasteiger charge is 2.27. The Morgan fingerprint density at radius 3 is 2.69 bits per heavy atom. The maximum absolute atomic E-state index is 12.3. The first-order chi connectivity index (χ1) is 17.5. The second kappa shape index (κ2) is 10.4. The lowest BCUT2D eigenvalue weighted by Gasteiger charge is -2.36. The SMILES string of the molecule is COC(=O)c1cc(N2CC(CCNC(C)c3cccc4ccccc34)Oc3ccccc32)ccc1C. The van der Waals surface area contributed by atoms with Gasteiger partial charge in [-0.3, -0.25) is 0 Å². The van der Waals surface area contributed by atoms with Gasteiger partial charge in [-0.2, -0.15) is 0 Å². The Bertz CT molecular complexity index is 1380. The molecule has 1 aliphatic rings. The van der Waals surface area contributed by atoms with Crippen molar-refractivity contribution in [2.75, 3.05) is 25.1 Å². The molecule has 0 aliphatic carbocycles. The van der Waals surface area contributed by atoms with Gasteiger partial charge in [0.2, 0.25) is 0 Å². The van der Waals surface area contributed by atoms with Gasteiger partial charge in [-0.25, -0.2) is 4.79 Å². The van der Waals surface area contributed by atoms with Gasteiger partial charge in [-0.1, -0.05) is 60.7 Å². The van der Waals surface area contributed by atoms with Crippen molar-refractivity contribution < 1.29 is 14.3 Å². The molecule has 5 rings (SSSR count). The van der Waals surface area contributed by atoms with E-state index in [2.05, 4.69) is 71.7 Å². The Balaban J connectivity index is 1.32. The fourth-order valence-corrected chi connectivity index (χ4v) is 5.00. The van der Waals surface area contributed by atoms with Crippen molar-refractivity contribution in [1.82, 2.24) is 5.32 Å². The largest absolute Gasteiger partial charge is 0.486 e. The lowest BCUT2D eigenvalue weighted by molar-refractivity contribution is 0.0600. The van der Waals surface area contributed by atoms with Crippen LogP contribution in [0, 0.1) is 6.92 Å². The van der Waals surface area contributed by atoms with Crippen LogP contribution in [0.4, 0.5) is 11.4 Å². The molecular formula is C31H32N2O3. The predicted molar refractivity (Wildman–Crippen MR) is 145 cm³/mol. The van der Waals surface area contributed by atoms with E-state index in [9.17, 15) is 4.79 Å². The van der Waals surface area contributed by atoms with Crippen LogP contribution < -0.4 is 15.0 Å². The Morgan fingerprint density at radius 1 is 1.06 bits per heavy atom. The van der Waals surface area contributed by atoms with E-state index in [1.54, 1.807) is 0 Å². The standard InChI is InChI=1S/C31H32N2O3/c1-21-15-16-24(19-28(21)31(34)35-3)33-20-25(36-30-14-7-6-13-29(30)33)17-18-32-22(2)26-12-8-10-23-9-4-5-11-27(23)26/h4-16,19,22,25,32H,17-18,20H2,1-3H3. The summed E-state index contributed by atoms with van der Waals surface area (Å²) in [4.78, 5) is 14.5. The summed E-state index contributed by atoms with van der Waals surface area (Å²) in [5, 5.41) is 6.24. The Labute approximate surface area is 212 Å². The molecule has 5 heteroatoms.